The summed E-state index contributed by atoms with van der Waals surface area (Å²) in [5, 5.41) is 10.3. The third kappa shape index (κ3) is 4.96. The van der Waals surface area contributed by atoms with Crippen molar-refractivity contribution in [3.8, 4) is 17.2 Å². The van der Waals surface area contributed by atoms with E-state index < -0.39 is 11.6 Å². The number of rotatable bonds is 11. The van der Waals surface area contributed by atoms with Crippen LogP contribution in [0.4, 0.5) is 0 Å². The molecule has 5 rings (SSSR count). The van der Waals surface area contributed by atoms with E-state index in [1.165, 1.54) is 0 Å². The predicted molar refractivity (Wildman–Crippen MR) is 149 cm³/mol. The number of imidazole rings is 1. The molecule has 0 radical (unpaired) electrons. The summed E-state index contributed by atoms with van der Waals surface area (Å²) in [6, 6.07) is 22.1. The van der Waals surface area contributed by atoms with Gasteiger partial charge in [-0.3, -0.25) is 4.57 Å². The number of aryl methyl sites for hydroxylation is 2. The van der Waals surface area contributed by atoms with Gasteiger partial charge in [0.1, 0.15) is 17.8 Å². The number of nitrogens with zero attached hydrogens (tertiary/aromatic N) is 3. The molecule has 5 aromatic rings. The van der Waals surface area contributed by atoms with Crippen LogP contribution in [0.3, 0.4) is 0 Å². The van der Waals surface area contributed by atoms with Gasteiger partial charge in [-0.15, -0.1) is 0 Å². The first-order valence-electron chi connectivity index (χ1n) is 13.1. The van der Waals surface area contributed by atoms with Crippen LogP contribution in [0.2, 0.25) is 0 Å². The Morgan fingerprint density at radius 2 is 1.79 bits per heavy atom. The van der Waals surface area contributed by atoms with Gasteiger partial charge < -0.3 is 19.1 Å². The molecule has 0 saturated heterocycles. The minimum Gasteiger partial charge on any atom is -0.493 e. The van der Waals surface area contributed by atoms with Crippen LogP contribution in [-0.4, -0.2) is 37.4 Å². The molecule has 0 fully saturated rings. The fraction of sp³-hybridized carbons (Fsp3) is 0.290. The highest BCUT2D eigenvalue weighted by Crippen LogP contribution is 2.31. The molecule has 0 saturated carbocycles. The van der Waals surface area contributed by atoms with E-state index in [-0.39, 0.29) is 0 Å². The van der Waals surface area contributed by atoms with Crippen LogP contribution in [0.25, 0.3) is 27.6 Å². The maximum Gasteiger partial charge on any atom is 0.347 e. The zero-order chi connectivity index (χ0) is 26.7. The fourth-order valence-electron chi connectivity index (χ4n) is 4.76. The Morgan fingerprint density at radius 1 is 0.974 bits per heavy atom. The first-order valence-corrected chi connectivity index (χ1v) is 13.1. The van der Waals surface area contributed by atoms with E-state index >= 15 is 0 Å². The molecular weight excluding hydrogens is 478 g/mol. The maximum absolute atomic E-state index is 11.5. The molecule has 0 bridgehead atoms. The first kappa shape index (κ1) is 25.4. The number of fused-ring (bicyclic) bond motifs is 2. The molecule has 0 aliphatic heterocycles. The number of hydrogen-bond donors (Lipinski definition) is 1. The molecule has 1 N–H and O–H groups in total. The van der Waals surface area contributed by atoms with Crippen molar-refractivity contribution >= 4 is 27.9 Å². The lowest BCUT2D eigenvalue weighted by Gasteiger charge is -2.22. The van der Waals surface area contributed by atoms with Crippen molar-refractivity contribution < 1.29 is 19.4 Å². The Hall–Kier alpha value is -4.26. The molecule has 0 spiro atoms. The van der Waals surface area contributed by atoms with Crippen molar-refractivity contribution in [2.75, 3.05) is 6.61 Å². The van der Waals surface area contributed by atoms with Crippen molar-refractivity contribution in [2.45, 2.75) is 52.2 Å². The van der Waals surface area contributed by atoms with Crippen LogP contribution in [-0.2, 0) is 17.8 Å². The molecule has 3 aromatic carbocycles. The zero-order valence-corrected chi connectivity index (χ0v) is 22.1. The smallest absolute Gasteiger partial charge is 0.347 e. The highest BCUT2D eigenvalue weighted by molar-refractivity contribution is 5.87. The highest BCUT2D eigenvalue weighted by atomic mass is 16.5. The summed E-state index contributed by atoms with van der Waals surface area (Å²) in [6.45, 7) is 6.62. The quantitative estimate of drug-likeness (QED) is 0.201. The van der Waals surface area contributed by atoms with Crippen LogP contribution in [0.5, 0.6) is 11.5 Å². The van der Waals surface area contributed by atoms with Crippen LogP contribution >= 0.6 is 0 Å². The summed E-state index contributed by atoms with van der Waals surface area (Å²) in [5.41, 5.74) is 4.00. The minimum atomic E-state index is -1.31. The van der Waals surface area contributed by atoms with E-state index in [0.717, 1.165) is 64.7 Å². The van der Waals surface area contributed by atoms with Crippen LogP contribution < -0.4 is 9.47 Å². The average molecular weight is 512 g/mol. The lowest BCUT2D eigenvalue weighted by atomic mass is 10.1. The third-order valence-electron chi connectivity index (χ3n) is 6.77. The van der Waals surface area contributed by atoms with Crippen LogP contribution in [0.1, 0.15) is 39.2 Å². The van der Waals surface area contributed by atoms with E-state index in [2.05, 4.69) is 40.3 Å². The van der Waals surface area contributed by atoms with Gasteiger partial charge in [-0.25, -0.2) is 9.78 Å². The summed E-state index contributed by atoms with van der Waals surface area (Å²) >= 11 is 0. The number of para-hydroxylation sites is 1. The van der Waals surface area contributed by atoms with Gasteiger partial charge in [0.2, 0.25) is 0 Å². The summed E-state index contributed by atoms with van der Waals surface area (Å²) in [6.07, 6.45) is 6.62. The summed E-state index contributed by atoms with van der Waals surface area (Å²) in [4.78, 5) is 16.3. The average Bonchev–Trinajstić information content (AvgIpc) is 3.53. The summed E-state index contributed by atoms with van der Waals surface area (Å²) in [5.74, 6) is 0.456. The number of carboxylic acid groups (broad SMARTS) is 1. The Bertz CT molecular complexity index is 1570. The zero-order valence-electron chi connectivity index (χ0n) is 22.1. The second-order valence-electron chi connectivity index (χ2n) is 9.93. The van der Waals surface area contributed by atoms with E-state index in [1.54, 1.807) is 13.8 Å². The molecule has 196 valence electrons. The number of hydrogen-bond acceptors (Lipinski definition) is 4. The molecule has 0 aliphatic rings. The normalized spacial score (nSPS) is 11.8. The molecule has 38 heavy (non-hydrogen) atoms. The molecule has 0 amide bonds. The predicted octanol–water partition coefficient (Wildman–Crippen LogP) is 6.64. The standard InChI is InChI=1S/C31H33N3O4/c1-4-10-24-27(16-15-26-29(24)32-21-34(26)22-11-6-5-7-12-22)37-20-9-18-33-19-17-23-25(33)13-8-14-28(23)38-31(2,3)30(35)36/h5-8,11-17,19,21H,4,9-10,18,20H2,1-3H3,(H,35,36). The van der Waals surface area contributed by atoms with E-state index in [1.807, 2.05) is 55.0 Å². The van der Waals surface area contributed by atoms with Crippen molar-refractivity contribution in [3.63, 3.8) is 0 Å². The Labute approximate surface area is 222 Å². The molecule has 0 aliphatic carbocycles. The second-order valence-corrected chi connectivity index (χ2v) is 9.93. The Morgan fingerprint density at radius 3 is 2.55 bits per heavy atom. The molecule has 0 unspecified atom stereocenters. The third-order valence-corrected chi connectivity index (χ3v) is 6.77. The summed E-state index contributed by atoms with van der Waals surface area (Å²) < 4.78 is 16.4. The second kappa shape index (κ2) is 10.6. The van der Waals surface area contributed by atoms with Crippen LogP contribution in [0.15, 0.2) is 79.3 Å². The van der Waals surface area contributed by atoms with E-state index in [4.69, 9.17) is 14.5 Å². The first-order chi connectivity index (χ1) is 18.4. The lowest BCUT2D eigenvalue weighted by Crippen LogP contribution is -2.37. The molecule has 0 atom stereocenters. The number of ether oxygens (including phenoxy) is 2. The monoisotopic (exact) mass is 511 g/mol. The van der Waals surface area contributed by atoms with Gasteiger partial charge in [0.05, 0.1) is 23.2 Å². The number of aliphatic carboxylic acids is 1. The molecule has 2 heterocycles. The minimum absolute atomic E-state index is 0.567. The van der Waals surface area contributed by atoms with Gasteiger partial charge in [-0.2, -0.15) is 0 Å². The number of carboxylic acids is 1. The Kier molecular flexibility index (Phi) is 7.09. The number of aromatic nitrogens is 3. The SMILES string of the molecule is CCCc1c(OCCCn2ccc3c(OC(C)(C)C(=O)O)cccc32)ccc2c1ncn2-c1ccccc1. The molecule has 7 nitrogen and oxygen atoms in total. The fourth-order valence-corrected chi connectivity index (χ4v) is 4.76. The van der Waals surface area contributed by atoms with Crippen molar-refractivity contribution in [1.82, 2.24) is 14.1 Å². The van der Waals surface area contributed by atoms with Gasteiger partial charge in [0.15, 0.2) is 5.60 Å². The largest absolute Gasteiger partial charge is 0.493 e. The highest BCUT2D eigenvalue weighted by Gasteiger charge is 2.30. The maximum atomic E-state index is 11.5. The van der Waals surface area contributed by atoms with Crippen molar-refractivity contribution in [1.29, 1.82) is 0 Å². The lowest BCUT2D eigenvalue weighted by molar-refractivity contribution is -0.152. The molecule has 2 aromatic heterocycles. The molecular formula is C31H33N3O4. The topological polar surface area (TPSA) is 78.5 Å². The Balaban J connectivity index is 1.29. The number of benzene rings is 3. The van der Waals surface area contributed by atoms with Crippen LogP contribution in [0, 0.1) is 0 Å². The van der Waals surface area contributed by atoms with Crippen molar-refractivity contribution in [3.05, 3.63) is 84.8 Å². The molecule has 7 heteroatoms. The van der Waals surface area contributed by atoms with Gasteiger partial charge >= 0.3 is 5.97 Å². The van der Waals surface area contributed by atoms with E-state index in [0.29, 0.717) is 12.4 Å². The number of carbonyl (C=O) groups is 1. The van der Waals surface area contributed by atoms with Crippen molar-refractivity contribution in [2.24, 2.45) is 0 Å². The summed E-state index contributed by atoms with van der Waals surface area (Å²) in [7, 11) is 0. The van der Waals surface area contributed by atoms with Gasteiger partial charge in [0, 0.05) is 29.4 Å². The van der Waals surface area contributed by atoms with Gasteiger partial charge in [0.25, 0.3) is 0 Å². The van der Waals surface area contributed by atoms with Gasteiger partial charge in [-0.1, -0.05) is 37.6 Å². The van der Waals surface area contributed by atoms with E-state index in [9.17, 15) is 9.90 Å². The van der Waals surface area contributed by atoms with Gasteiger partial charge in [-0.05, 0) is 69.2 Å².